The minimum atomic E-state index is -4.33. The smallest absolute Gasteiger partial charge is 0.383 e. The van der Waals surface area contributed by atoms with Gasteiger partial charge in [0, 0.05) is 18.0 Å². The summed E-state index contributed by atoms with van der Waals surface area (Å²) in [5.41, 5.74) is -0.220. The number of halogens is 3. The van der Waals surface area contributed by atoms with Crippen LogP contribution in [0.25, 0.3) is 0 Å². The number of hydrogen-bond donors (Lipinski definition) is 1. The highest BCUT2D eigenvalue weighted by Gasteiger charge is 2.32. The van der Waals surface area contributed by atoms with E-state index in [2.05, 4.69) is 10.1 Å². The first-order valence-electron chi connectivity index (χ1n) is 7.87. The molecule has 2 atom stereocenters. The van der Waals surface area contributed by atoms with Crippen LogP contribution in [0.4, 0.5) is 13.2 Å². The van der Waals surface area contributed by atoms with E-state index in [1.807, 2.05) is 7.05 Å². The molecule has 24 heavy (non-hydrogen) atoms. The molecule has 4 nitrogen and oxygen atoms in total. The molecule has 1 aliphatic heterocycles. The maximum absolute atomic E-state index is 12.9. The lowest BCUT2D eigenvalue weighted by Crippen LogP contribution is -2.40. The maximum Gasteiger partial charge on any atom is 0.416 e. The Bertz CT molecular complexity index is 751. The Morgan fingerprint density at radius 2 is 2.12 bits per heavy atom. The van der Waals surface area contributed by atoms with Crippen molar-refractivity contribution < 1.29 is 17.7 Å². The first-order valence-corrected chi connectivity index (χ1v) is 7.87. The number of likely N-dealkylation sites (N-methyl/N-ethyl adjacent to an activating group) is 1. The number of aromatic amines is 1. The zero-order valence-corrected chi connectivity index (χ0v) is 13.3. The van der Waals surface area contributed by atoms with Crippen molar-refractivity contribution in [3.05, 3.63) is 57.6 Å². The summed E-state index contributed by atoms with van der Waals surface area (Å²) < 4.78 is 43.8. The number of alkyl halides is 3. The van der Waals surface area contributed by atoms with Crippen molar-refractivity contribution >= 4 is 0 Å². The van der Waals surface area contributed by atoms with Gasteiger partial charge in [-0.05, 0) is 44.5 Å². The average molecular weight is 340 g/mol. The van der Waals surface area contributed by atoms with Gasteiger partial charge >= 0.3 is 6.18 Å². The molecule has 0 amide bonds. The van der Waals surface area contributed by atoms with E-state index in [0.29, 0.717) is 17.7 Å². The molecule has 130 valence electrons. The third kappa shape index (κ3) is 3.72. The first-order chi connectivity index (χ1) is 11.3. The fourth-order valence-electron chi connectivity index (χ4n) is 3.31. The minimum absolute atomic E-state index is 0.104. The number of nitrogens with one attached hydrogen (secondary N) is 1. The summed E-state index contributed by atoms with van der Waals surface area (Å²) in [4.78, 5) is 13.4. The summed E-state index contributed by atoms with van der Waals surface area (Å²) in [6.07, 6.45) is -2.19. The van der Waals surface area contributed by atoms with Crippen LogP contribution in [0.15, 0.2) is 39.6 Å². The van der Waals surface area contributed by atoms with Gasteiger partial charge in [-0.2, -0.15) is 18.3 Å². The van der Waals surface area contributed by atoms with E-state index in [0.717, 1.165) is 25.5 Å². The van der Waals surface area contributed by atoms with Crippen LogP contribution in [0.2, 0.25) is 0 Å². The van der Waals surface area contributed by atoms with Crippen molar-refractivity contribution in [2.45, 2.75) is 37.4 Å². The van der Waals surface area contributed by atoms with Gasteiger partial charge < -0.3 is 9.42 Å². The molecule has 1 aliphatic rings. The second kappa shape index (κ2) is 6.47. The Hall–Kier alpha value is -2.02. The lowest BCUT2D eigenvalue weighted by atomic mass is 9.86. The van der Waals surface area contributed by atoms with Gasteiger partial charge in [-0.3, -0.25) is 4.79 Å². The van der Waals surface area contributed by atoms with Gasteiger partial charge in [0.1, 0.15) is 5.76 Å². The van der Waals surface area contributed by atoms with Crippen LogP contribution < -0.4 is 5.56 Å². The molecular weight excluding hydrogens is 321 g/mol. The van der Waals surface area contributed by atoms with Crippen molar-refractivity contribution in [1.82, 2.24) is 10.1 Å². The van der Waals surface area contributed by atoms with E-state index in [1.165, 1.54) is 18.2 Å². The Kier molecular flexibility index (Phi) is 4.54. The standard InChI is InChI=1S/C17H19F3N2O2/c1-22-6-5-12(15-10-16(23)21-24-15)9-14(22)8-11-3-2-4-13(7-11)17(18,19)20/h2-4,7,10,12,14H,5-6,8-9H2,1H3,(H,21,23)/t12-,14-/m1/s1. The lowest BCUT2D eigenvalue weighted by Gasteiger charge is -2.36. The molecule has 0 aliphatic carbocycles. The van der Waals surface area contributed by atoms with Gasteiger partial charge in [0.15, 0.2) is 0 Å². The van der Waals surface area contributed by atoms with Crippen LogP contribution in [-0.2, 0) is 12.6 Å². The molecule has 0 bridgehead atoms. The topological polar surface area (TPSA) is 49.2 Å². The monoisotopic (exact) mass is 340 g/mol. The highest BCUT2D eigenvalue weighted by molar-refractivity contribution is 5.26. The molecule has 1 aromatic heterocycles. The van der Waals surface area contributed by atoms with E-state index >= 15 is 0 Å². The lowest BCUT2D eigenvalue weighted by molar-refractivity contribution is -0.137. The summed E-state index contributed by atoms with van der Waals surface area (Å²) in [6, 6.07) is 7.04. The van der Waals surface area contributed by atoms with Gasteiger partial charge in [-0.15, -0.1) is 0 Å². The molecule has 0 saturated carbocycles. The first kappa shape index (κ1) is 16.8. The summed E-state index contributed by atoms with van der Waals surface area (Å²) in [6.45, 7) is 0.809. The second-order valence-corrected chi connectivity index (χ2v) is 6.37. The van der Waals surface area contributed by atoms with Crippen molar-refractivity contribution in [2.24, 2.45) is 0 Å². The van der Waals surface area contributed by atoms with E-state index in [-0.39, 0.29) is 17.5 Å². The normalized spacial score (nSPS) is 22.7. The van der Waals surface area contributed by atoms with E-state index < -0.39 is 11.7 Å². The number of rotatable bonds is 3. The number of H-pyrrole nitrogens is 1. The third-order valence-corrected chi connectivity index (χ3v) is 4.68. The molecule has 1 saturated heterocycles. The fraction of sp³-hybridized carbons (Fsp3) is 0.471. The molecule has 1 aromatic carbocycles. The van der Waals surface area contributed by atoms with Crippen molar-refractivity contribution in [1.29, 1.82) is 0 Å². The third-order valence-electron chi connectivity index (χ3n) is 4.68. The molecule has 2 aromatic rings. The zero-order chi connectivity index (χ0) is 17.3. The maximum atomic E-state index is 12.9. The van der Waals surface area contributed by atoms with Gasteiger partial charge in [0.05, 0.1) is 5.56 Å². The quantitative estimate of drug-likeness (QED) is 0.932. The molecule has 0 unspecified atom stereocenters. The van der Waals surface area contributed by atoms with Crippen LogP contribution in [0, 0.1) is 0 Å². The number of piperidine rings is 1. The number of benzene rings is 1. The van der Waals surface area contributed by atoms with E-state index in [9.17, 15) is 18.0 Å². The Morgan fingerprint density at radius 1 is 1.33 bits per heavy atom. The zero-order valence-electron chi connectivity index (χ0n) is 13.3. The summed E-state index contributed by atoms with van der Waals surface area (Å²) >= 11 is 0. The number of aromatic nitrogens is 1. The Labute approximate surface area is 137 Å². The van der Waals surface area contributed by atoms with Crippen molar-refractivity contribution in [2.75, 3.05) is 13.6 Å². The van der Waals surface area contributed by atoms with Gasteiger partial charge in [0.2, 0.25) is 0 Å². The van der Waals surface area contributed by atoms with Crippen LogP contribution in [0.3, 0.4) is 0 Å². The van der Waals surface area contributed by atoms with Crippen LogP contribution >= 0.6 is 0 Å². The van der Waals surface area contributed by atoms with Crippen molar-refractivity contribution in [3.8, 4) is 0 Å². The number of likely N-dealkylation sites (tertiary alicyclic amines) is 1. The largest absolute Gasteiger partial charge is 0.416 e. The van der Waals surface area contributed by atoms with E-state index in [4.69, 9.17) is 4.52 Å². The van der Waals surface area contributed by atoms with Gasteiger partial charge in [0.25, 0.3) is 5.56 Å². The summed E-state index contributed by atoms with van der Waals surface area (Å²) in [5.74, 6) is 0.734. The van der Waals surface area contributed by atoms with Crippen LogP contribution in [0.5, 0.6) is 0 Å². The highest BCUT2D eigenvalue weighted by atomic mass is 19.4. The van der Waals surface area contributed by atoms with Gasteiger partial charge in [-0.1, -0.05) is 18.2 Å². The molecule has 3 rings (SSSR count). The Balaban J connectivity index is 1.74. The van der Waals surface area contributed by atoms with Gasteiger partial charge in [-0.25, -0.2) is 0 Å². The average Bonchev–Trinajstić information content (AvgIpc) is 2.95. The predicted molar refractivity (Wildman–Crippen MR) is 82.9 cm³/mol. The minimum Gasteiger partial charge on any atom is -0.383 e. The molecule has 0 radical (unpaired) electrons. The predicted octanol–water partition coefficient (Wildman–Crippen LogP) is 3.41. The van der Waals surface area contributed by atoms with Crippen molar-refractivity contribution in [3.63, 3.8) is 0 Å². The number of nitrogens with zero attached hydrogens (tertiary/aromatic N) is 1. The SMILES string of the molecule is CN1CC[C@@H](c2cc(=O)[nH]o2)C[C@H]1Cc1cccc(C(F)(F)F)c1. The fourth-order valence-corrected chi connectivity index (χ4v) is 3.31. The molecule has 2 heterocycles. The summed E-state index contributed by atoms with van der Waals surface area (Å²) in [7, 11) is 1.97. The second-order valence-electron chi connectivity index (χ2n) is 6.37. The molecule has 7 heteroatoms. The van der Waals surface area contributed by atoms with E-state index in [1.54, 1.807) is 6.07 Å². The molecule has 1 fully saturated rings. The Morgan fingerprint density at radius 3 is 2.79 bits per heavy atom. The number of hydrogen-bond acceptors (Lipinski definition) is 3. The molecule has 1 N–H and O–H groups in total. The molecular formula is C17H19F3N2O2. The summed E-state index contributed by atoms with van der Waals surface area (Å²) in [5, 5.41) is 2.30. The van der Waals surface area contributed by atoms with Crippen LogP contribution in [0.1, 0.15) is 35.6 Å². The van der Waals surface area contributed by atoms with Crippen LogP contribution in [-0.4, -0.2) is 29.7 Å². The highest BCUT2D eigenvalue weighted by Crippen LogP contribution is 2.33. The molecule has 0 spiro atoms.